The first kappa shape index (κ1) is 13.4. The van der Waals surface area contributed by atoms with Crippen LogP contribution in [0.5, 0.6) is 0 Å². The first-order valence-corrected chi connectivity index (χ1v) is 7.26. The first-order chi connectivity index (χ1) is 8.68. The fourth-order valence-corrected chi connectivity index (χ4v) is 2.79. The zero-order chi connectivity index (χ0) is 13.0. The van der Waals surface area contributed by atoms with E-state index in [0.717, 1.165) is 19.6 Å². The zero-order valence-corrected chi connectivity index (χ0v) is 12.0. The summed E-state index contributed by atoms with van der Waals surface area (Å²) in [4.78, 5) is 2.56. The maximum atomic E-state index is 3.65. The van der Waals surface area contributed by atoms with Gasteiger partial charge in [0.2, 0.25) is 0 Å². The fourth-order valence-electron chi connectivity index (χ4n) is 2.79. The number of aryl methyl sites for hydroxylation is 1. The second-order valence-corrected chi connectivity index (χ2v) is 5.64. The number of para-hydroxylation sites is 1. The van der Waals surface area contributed by atoms with Gasteiger partial charge >= 0.3 is 0 Å². The molecule has 0 aliphatic carbocycles. The lowest BCUT2D eigenvalue weighted by Crippen LogP contribution is -2.58. The van der Waals surface area contributed by atoms with Crippen LogP contribution in [0.2, 0.25) is 0 Å². The minimum absolute atomic E-state index is 0.261. The van der Waals surface area contributed by atoms with E-state index in [-0.39, 0.29) is 5.54 Å². The molecule has 2 rings (SSSR count). The van der Waals surface area contributed by atoms with Gasteiger partial charge < -0.3 is 10.2 Å². The van der Waals surface area contributed by atoms with Crippen molar-refractivity contribution in [3.05, 3.63) is 29.8 Å². The Kier molecular flexibility index (Phi) is 4.28. The van der Waals surface area contributed by atoms with Crippen LogP contribution in [0.4, 0.5) is 5.69 Å². The number of hydrogen-bond donors (Lipinski definition) is 1. The molecule has 1 saturated heterocycles. The standard InChI is InChI=1S/C16H26N2/c1-4-8-14-9-6-7-10-15(14)18-12-11-17-16(3,5-2)13-18/h6-7,9-10,17H,4-5,8,11-13H2,1-3H3. The quantitative estimate of drug-likeness (QED) is 0.877. The average molecular weight is 246 g/mol. The van der Waals surface area contributed by atoms with E-state index >= 15 is 0 Å². The van der Waals surface area contributed by atoms with E-state index in [1.165, 1.54) is 30.5 Å². The highest BCUT2D eigenvalue weighted by molar-refractivity contribution is 5.54. The molecular formula is C16H26N2. The Labute approximate surface area is 111 Å². The largest absolute Gasteiger partial charge is 0.368 e. The smallest absolute Gasteiger partial charge is 0.0399 e. The predicted molar refractivity (Wildman–Crippen MR) is 79.3 cm³/mol. The van der Waals surface area contributed by atoms with Crippen LogP contribution >= 0.6 is 0 Å². The van der Waals surface area contributed by atoms with Gasteiger partial charge in [-0.15, -0.1) is 0 Å². The van der Waals surface area contributed by atoms with E-state index < -0.39 is 0 Å². The van der Waals surface area contributed by atoms with Gasteiger partial charge in [-0.3, -0.25) is 0 Å². The zero-order valence-electron chi connectivity index (χ0n) is 12.0. The van der Waals surface area contributed by atoms with Crippen LogP contribution in [0.3, 0.4) is 0 Å². The van der Waals surface area contributed by atoms with Gasteiger partial charge in [0.05, 0.1) is 0 Å². The minimum atomic E-state index is 0.261. The molecule has 0 radical (unpaired) electrons. The lowest BCUT2D eigenvalue weighted by molar-refractivity contribution is 0.314. The molecule has 18 heavy (non-hydrogen) atoms. The molecule has 1 N–H and O–H groups in total. The number of benzene rings is 1. The fraction of sp³-hybridized carbons (Fsp3) is 0.625. The van der Waals surface area contributed by atoms with Gasteiger partial charge in [0, 0.05) is 30.9 Å². The highest BCUT2D eigenvalue weighted by atomic mass is 15.2. The van der Waals surface area contributed by atoms with Crippen LogP contribution in [-0.4, -0.2) is 25.2 Å². The molecule has 0 aromatic heterocycles. The van der Waals surface area contributed by atoms with Crippen LogP contribution in [0, 0.1) is 0 Å². The third-order valence-corrected chi connectivity index (χ3v) is 4.11. The van der Waals surface area contributed by atoms with E-state index in [1.54, 1.807) is 0 Å². The summed E-state index contributed by atoms with van der Waals surface area (Å²) < 4.78 is 0. The normalized spacial score (nSPS) is 24.3. The van der Waals surface area contributed by atoms with Crippen molar-refractivity contribution in [1.29, 1.82) is 0 Å². The minimum Gasteiger partial charge on any atom is -0.368 e. The maximum absolute atomic E-state index is 3.65. The number of nitrogens with one attached hydrogen (secondary N) is 1. The molecule has 100 valence electrons. The molecule has 0 saturated carbocycles. The van der Waals surface area contributed by atoms with E-state index in [2.05, 4.69) is 55.3 Å². The molecule has 0 bridgehead atoms. The molecule has 1 aliphatic heterocycles. The van der Waals surface area contributed by atoms with Crippen molar-refractivity contribution in [3.63, 3.8) is 0 Å². The molecule has 1 aromatic rings. The first-order valence-electron chi connectivity index (χ1n) is 7.26. The van der Waals surface area contributed by atoms with Crippen LogP contribution < -0.4 is 10.2 Å². The van der Waals surface area contributed by atoms with Gasteiger partial charge in [-0.05, 0) is 31.4 Å². The third-order valence-electron chi connectivity index (χ3n) is 4.11. The Hall–Kier alpha value is -1.02. The van der Waals surface area contributed by atoms with E-state index in [4.69, 9.17) is 0 Å². The summed E-state index contributed by atoms with van der Waals surface area (Å²) in [5.74, 6) is 0. The van der Waals surface area contributed by atoms with E-state index in [9.17, 15) is 0 Å². The van der Waals surface area contributed by atoms with Crippen molar-refractivity contribution in [1.82, 2.24) is 5.32 Å². The molecule has 2 nitrogen and oxygen atoms in total. The van der Waals surface area contributed by atoms with Gasteiger partial charge in [0.25, 0.3) is 0 Å². The number of nitrogens with zero attached hydrogens (tertiary/aromatic N) is 1. The van der Waals surface area contributed by atoms with Gasteiger partial charge in [-0.2, -0.15) is 0 Å². The number of piperazine rings is 1. The van der Waals surface area contributed by atoms with Crippen molar-refractivity contribution in [2.75, 3.05) is 24.5 Å². The summed E-state index contributed by atoms with van der Waals surface area (Å²) in [5.41, 5.74) is 3.21. The topological polar surface area (TPSA) is 15.3 Å². The van der Waals surface area contributed by atoms with Crippen LogP contribution in [0.15, 0.2) is 24.3 Å². The summed E-state index contributed by atoms with van der Waals surface area (Å²) in [7, 11) is 0. The molecular weight excluding hydrogens is 220 g/mol. The molecule has 1 aromatic carbocycles. The summed E-state index contributed by atoms with van der Waals surface area (Å²) in [6, 6.07) is 8.89. The lowest BCUT2D eigenvalue weighted by Gasteiger charge is -2.43. The highest BCUT2D eigenvalue weighted by Gasteiger charge is 2.29. The van der Waals surface area contributed by atoms with Gasteiger partial charge in [0.1, 0.15) is 0 Å². The van der Waals surface area contributed by atoms with Crippen molar-refractivity contribution >= 4 is 5.69 Å². The Morgan fingerprint density at radius 1 is 1.28 bits per heavy atom. The van der Waals surface area contributed by atoms with Crippen molar-refractivity contribution in [3.8, 4) is 0 Å². The van der Waals surface area contributed by atoms with E-state index in [0.29, 0.717) is 0 Å². The molecule has 2 heteroatoms. The van der Waals surface area contributed by atoms with Gasteiger partial charge in [0.15, 0.2) is 0 Å². The Balaban J connectivity index is 2.20. The molecule has 0 spiro atoms. The molecule has 1 atom stereocenters. The van der Waals surface area contributed by atoms with Gasteiger partial charge in [-0.1, -0.05) is 38.5 Å². The number of rotatable bonds is 4. The van der Waals surface area contributed by atoms with Crippen molar-refractivity contribution < 1.29 is 0 Å². The summed E-state index contributed by atoms with van der Waals surface area (Å²) in [5, 5.41) is 3.65. The molecule has 1 fully saturated rings. The van der Waals surface area contributed by atoms with Crippen LogP contribution in [-0.2, 0) is 6.42 Å². The number of hydrogen-bond acceptors (Lipinski definition) is 2. The predicted octanol–water partition coefficient (Wildman–Crippen LogP) is 3.22. The maximum Gasteiger partial charge on any atom is 0.0399 e. The Morgan fingerprint density at radius 3 is 2.78 bits per heavy atom. The molecule has 1 heterocycles. The van der Waals surface area contributed by atoms with Crippen LogP contribution in [0.1, 0.15) is 39.2 Å². The highest BCUT2D eigenvalue weighted by Crippen LogP contribution is 2.26. The van der Waals surface area contributed by atoms with E-state index in [1.807, 2.05) is 0 Å². The summed E-state index contributed by atoms with van der Waals surface area (Å²) >= 11 is 0. The second kappa shape index (κ2) is 5.75. The summed E-state index contributed by atoms with van der Waals surface area (Å²) in [6.45, 7) is 10.2. The SMILES string of the molecule is CCCc1ccccc1N1CCNC(C)(CC)C1. The van der Waals surface area contributed by atoms with Crippen molar-refractivity contribution in [2.24, 2.45) is 0 Å². The lowest BCUT2D eigenvalue weighted by atomic mass is 9.94. The Bertz CT molecular complexity index is 388. The molecule has 0 amide bonds. The number of anilines is 1. The second-order valence-electron chi connectivity index (χ2n) is 5.64. The monoisotopic (exact) mass is 246 g/mol. The molecule has 1 unspecified atom stereocenters. The summed E-state index contributed by atoms with van der Waals surface area (Å²) in [6.07, 6.45) is 3.58. The third kappa shape index (κ3) is 2.86. The van der Waals surface area contributed by atoms with Gasteiger partial charge in [-0.25, -0.2) is 0 Å². The van der Waals surface area contributed by atoms with Crippen LogP contribution in [0.25, 0.3) is 0 Å². The molecule has 1 aliphatic rings. The Morgan fingerprint density at radius 2 is 2.06 bits per heavy atom. The van der Waals surface area contributed by atoms with Crippen molar-refractivity contribution in [2.45, 2.75) is 45.6 Å². The average Bonchev–Trinajstić information content (AvgIpc) is 2.40.